The molecule has 0 aromatic carbocycles. The van der Waals surface area contributed by atoms with Crippen molar-refractivity contribution in [2.24, 2.45) is 17.8 Å². The van der Waals surface area contributed by atoms with Gasteiger partial charge in [-0.1, -0.05) is 34.1 Å². The van der Waals surface area contributed by atoms with Crippen LogP contribution in [0.2, 0.25) is 0 Å². The minimum Gasteiger partial charge on any atom is -0.319 e. The van der Waals surface area contributed by atoms with E-state index in [-0.39, 0.29) is 0 Å². The Morgan fingerprint density at radius 2 is 1.73 bits per heavy atom. The maximum atomic E-state index is 3.24. The van der Waals surface area contributed by atoms with E-state index in [1.165, 1.54) is 6.42 Å². The zero-order chi connectivity index (χ0) is 8.85. The predicted octanol–water partition coefficient (Wildman–Crippen LogP) is 2.52. The van der Waals surface area contributed by atoms with E-state index < -0.39 is 0 Å². The lowest BCUT2D eigenvalue weighted by Gasteiger charge is -2.25. The Balaban J connectivity index is 3.81. The topological polar surface area (TPSA) is 12.0 Å². The zero-order valence-electron chi connectivity index (χ0n) is 8.65. The first-order valence-electron chi connectivity index (χ1n) is 4.78. The molecule has 0 rings (SSSR count). The third-order valence-corrected chi connectivity index (χ3v) is 2.58. The molecule has 0 bridgehead atoms. The minimum absolute atomic E-state index is 0.810. The van der Waals surface area contributed by atoms with Gasteiger partial charge in [0.2, 0.25) is 0 Å². The highest BCUT2D eigenvalue weighted by molar-refractivity contribution is 4.69. The molecular formula is C10H23N. The summed E-state index contributed by atoms with van der Waals surface area (Å²) in [6.07, 6.45) is 1.31. The van der Waals surface area contributed by atoms with Gasteiger partial charge in [-0.25, -0.2) is 0 Å². The van der Waals surface area contributed by atoms with Crippen LogP contribution in [-0.4, -0.2) is 13.6 Å². The van der Waals surface area contributed by atoms with Gasteiger partial charge in [-0.2, -0.15) is 0 Å². The molecular weight excluding hydrogens is 134 g/mol. The van der Waals surface area contributed by atoms with E-state index in [2.05, 4.69) is 33.0 Å². The molecule has 1 nitrogen and oxygen atoms in total. The van der Waals surface area contributed by atoms with Crippen LogP contribution in [0.1, 0.15) is 34.1 Å². The summed E-state index contributed by atoms with van der Waals surface area (Å²) < 4.78 is 0. The summed E-state index contributed by atoms with van der Waals surface area (Å²) in [5.74, 6) is 2.51. The highest BCUT2D eigenvalue weighted by Gasteiger charge is 2.17. The summed E-state index contributed by atoms with van der Waals surface area (Å²) in [5.41, 5.74) is 0. The predicted molar refractivity (Wildman–Crippen MR) is 51.7 cm³/mol. The second-order valence-corrected chi connectivity index (χ2v) is 3.85. The third kappa shape index (κ3) is 3.76. The van der Waals surface area contributed by atoms with Gasteiger partial charge < -0.3 is 5.32 Å². The van der Waals surface area contributed by atoms with Gasteiger partial charge in [-0.15, -0.1) is 0 Å². The molecule has 1 N–H and O–H groups in total. The van der Waals surface area contributed by atoms with Crippen LogP contribution in [0.4, 0.5) is 0 Å². The molecule has 11 heavy (non-hydrogen) atoms. The minimum atomic E-state index is 0.810. The summed E-state index contributed by atoms with van der Waals surface area (Å²) in [6.45, 7) is 10.4. The van der Waals surface area contributed by atoms with Gasteiger partial charge in [-0.05, 0) is 31.3 Å². The molecule has 0 saturated carbocycles. The lowest BCUT2D eigenvalue weighted by atomic mass is 9.82. The van der Waals surface area contributed by atoms with Crippen molar-refractivity contribution in [3.8, 4) is 0 Å². The number of nitrogens with one attached hydrogen (secondary N) is 1. The standard InChI is InChI=1S/C10H23N/c1-6-10(8(2)3)9(4)7-11-5/h8-11H,6-7H2,1-5H3. The lowest BCUT2D eigenvalue weighted by molar-refractivity contribution is 0.258. The third-order valence-electron chi connectivity index (χ3n) is 2.58. The van der Waals surface area contributed by atoms with Crippen molar-refractivity contribution < 1.29 is 0 Å². The second-order valence-electron chi connectivity index (χ2n) is 3.85. The fourth-order valence-corrected chi connectivity index (χ4v) is 2.00. The van der Waals surface area contributed by atoms with Crippen LogP contribution >= 0.6 is 0 Å². The highest BCUT2D eigenvalue weighted by Crippen LogP contribution is 2.23. The van der Waals surface area contributed by atoms with Gasteiger partial charge >= 0.3 is 0 Å². The molecule has 0 saturated heterocycles. The van der Waals surface area contributed by atoms with E-state index in [4.69, 9.17) is 0 Å². The van der Waals surface area contributed by atoms with Crippen LogP contribution in [0.25, 0.3) is 0 Å². The molecule has 0 heterocycles. The van der Waals surface area contributed by atoms with Crippen molar-refractivity contribution >= 4 is 0 Å². The van der Waals surface area contributed by atoms with Crippen molar-refractivity contribution in [1.82, 2.24) is 5.32 Å². The lowest BCUT2D eigenvalue weighted by Crippen LogP contribution is -2.26. The maximum absolute atomic E-state index is 3.24. The van der Waals surface area contributed by atoms with Crippen molar-refractivity contribution in [1.29, 1.82) is 0 Å². The van der Waals surface area contributed by atoms with E-state index in [1.54, 1.807) is 0 Å². The Hall–Kier alpha value is -0.0400. The molecule has 0 amide bonds. The first kappa shape index (κ1) is 11.0. The van der Waals surface area contributed by atoms with Crippen molar-refractivity contribution in [3.63, 3.8) is 0 Å². The van der Waals surface area contributed by atoms with E-state index in [0.717, 1.165) is 24.3 Å². The molecule has 2 atom stereocenters. The van der Waals surface area contributed by atoms with Gasteiger partial charge in [0, 0.05) is 0 Å². The Morgan fingerprint density at radius 1 is 1.18 bits per heavy atom. The monoisotopic (exact) mass is 157 g/mol. The van der Waals surface area contributed by atoms with E-state index in [9.17, 15) is 0 Å². The van der Waals surface area contributed by atoms with Gasteiger partial charge in [-0.3, -0.25) is 0 Å². The van der Waals surface area contributed by atoms with Gasteiger partial charge in [0.1, 0.15) is 0 Å². The first-order chi connectivity index (χ1) is 5.13. The van der Waals surface area contributed by atoms with Crippen LogP contribution in [0.5, 0.6) is 0 Å². The fraction of sp³-hybridized carbons (Fsp3) is 1.00. The Kier molecular flexibility index (Phi) is 5.57. The molecule has 0 aliphatic heterocycles. The van der Waals surface area contributed by atoms with E-state index in [0.29, 0.717) is 0 Å². The summed E-state index contributed by atoms with van der Waals surface area (Å²) >= 11 is 0. The average Bonchev–Trinajstić information content (AvgIpc) is 1.88. The Labute approximate surface area is 71.6 Å². The molecule has 0 aliphatic rings. The number of hydrogen-bond acceptors (Lipinski definition) is 1. The molecule has 0 aliphatic carbocycles. The van der Waals surface area contributed by atoms with Crippen molar-refractivity contribution in [2.75, 3.05) is 13.6 Å². The van der Waals surface area contributed by atoms with Gasteiger partial charge in [0.15, 0.2) is 0 Å². The number of rotatable bonds is 5. The van der Waals surface area contributed by atoms with Gasteiger partial charge in [0.25, 0.3) is 0 Å². The van der Waals surface area contributed by atoms with Crippen LogP contribution in [0, 0.1) is 17.8 Å². The highest BCUT2D eigenvalue weighted by atomic mass is 14.8. The molecule has 68 valence electrons. The summed E-state index contributed by atoms with van der Waals surface area (Å²) in [4.78, 5) is 0. The molecule has 0 aromatic heterocycles. The Morgan fingerprint density at radius 3 is 2.00 bits per heavy atom. The Bertz CT molecular complexity index is 88.9. The molecule has 1 heteroatoms. The van der Waals surface area contributed by atoms with Crippen LogP contribution in [0.15, 0.2) is 0 Å². The van der Waals surface area contributed by atoms with Crippen LogP contribution in [0.3, 0.4) is 0 Å². The van der Waals surface area contributed by atoms with Crippen molar-refractivity contribution in [3.05, 3.63) is 0 Å². The largest absolute Gasteiger partial charge is 0.319 e. The quantitative estimate of drug-likeness (QED) is 0.646. The second kappa shape index (κ2) is 5.59. The van der Waals surface area contributed by atoms with E-state index >= 15 is 0 Å². The van der Waals surface area contributed by atoms with Crippen molar-refractivity contribution in [2.45, 2.75) is 34.1 Å². The van der Waals surface area contributed by atoms with Gasteiger partial charge in [0.05, 0.1) is 0 Å². The zero-order valence-corrected chi connectivity index (χ0v) is 8.65. The van der Waals surface area contributed by atoms with Crippen LogP contribution < -0.4 is 5.32 Å². The molecule has 2 unspecified atom stereocenters. The normalized spacial score (nSPS) is 16.9. The van der Waals surface area contributed by atoms with E-state index in [1.807, 2.05) is 7.05 Å². The molecule has 0 aromatic rings. The number of hydrogen-bond donors (Lipinski definition) is 1. The average molecular weight is 157 g/mol. The summed E-state index contributed by atoms with van der Waals surface area (Å²) in [7, 11) is 2.03. The molecule has 0 spiro atoms. The SMILES string of the molecule is CCC(C(C)C)C(C)CNC. The fourth-order valence-electron chi connectivity index (χ4n) is 2.00. The summed E-state index contributed by atoms with van der Waals surface area (Å²) in [5, 5.41) is 3.24. The maximum Gasteiger partial charge on any atom is -0.00234 e. The van der Waals surface area contributed by atoms with Crippen LogP contribution in [-0.2, 0) is 0 Å². The molecule has 0 fully saturated rings. The summed E-state index contributed by atoms with van der Waals surface area (Å²) in [6, 6.07) is 0. The molecule has 0 radical (unpaired) electrons. The first-order valence-corrected chi connectivity index (χ1v) is 4.78. The smallest absolute Gasteiger partial charge is 0.00234 e.